The van der Waals surface area contributed by atoms with Crippen LogP contribution in [-0.4, -0.2) is 33.0 Å². The maximum Gasteiger partial charge on any atom is 0.308 e. The SMILES string of the molecule is O=C(NC1CCCCCC1C(=O)O)c1cncc(Cl)n1. The van der Waals surface area contributed by atoms with Crippen LogP contribution in [-0.2, 0) is 4.79 Å². The Hall–Kier alpha value is -1.69. The summed E-state index contributed by atoms with van der Waals surface area (Å²) in [5.74, 6) is -1.85. The summed E-state index contributed by atoms with van der Waals surface area (Å²) in [5, 5.41) is 12.1. The number of halogens is 1. The summed E-state index contributed by atoms with van der Waals surface area (Å²) in [6.07, 6.45) is 6.68. The van der Waals surface area contributed by atoms with Crippen molar-refractivity contribution in [2.24, 2.45) is 5.92 Å². The van der Waals surface area contributed by atoms with E-state index in [0.717, 1.165) is 19.3 Å². The molecule has 0 radical (unpaired) electrons. The highest BCUT2D eigenvalue weighted by Gasteiger charge is 2.31. The second-order valence-corrected chi connectivity index (χ2v) is 5.28. The van der Waals surface area contributed by atoms with Gasteiger partial charge in [-0.05, 0) is 12.8 Å². The minimum absolute atomic E-state index is 0.103. The topological polar surface area (TPSA) is 92.2 Å². The number of carbonyl (C=O) groups is 2. The molecule has 0 aromatic carbocycles. The van der Waals surface area contributed by atoms with Gasteiger partial charge in [-0.2, -0.15) is 0 Å². The number of hydrogen-bond acceptors (Lipinski definition) is 4. The number of aromatic nitrogens is 2. The first-order valence-electron chi connectivity index (χ1n) is 6.59. The summed E-state index contributed by atoms with van der Waals surface area (Å²) in [7, 11) is 0. The van der Waals surface area contributed by atoms with Gasteiger partial charge in [-0.25, -0.2) is 4.98 Å². The molecule has 1 saturated carbocycles. The van der Waals surface area contributed by atoms with Gasteiger partial charge < -0.3 is 10.4 Å². The third-order valence-corrected chi connectivity index (χ3v) is 3.67. The van der Waals surface area contributed by atoms with Crippen molar-refractivity contribution in [3.05, 3.63) is 23.2 Å². The molecule has 7 heteroatoms. The molecule has 6 nitrogen and oxygen atoms in total. The zero-order valence-electron chi connectivity index (χ0n) is 10.9. The van der Waals surface area contributed by atoms with E-state index >= 15 is 0 Å². The molecule has 1 heterocycles. The molecule has 2 atom stereocenters. The minimum Gasteiger partial charge on any atom is -0.481 e. The molecule has 108 valence electrons. The molecule has 0 saturated heterocycles. The molecule has 1 aromatic heterocycles. The van der Waals surface area contributed by atoms with E-state index in [1.807, 2.05) is 0 Å². The summed E-state index contributed by atoms with van der Waals surface area (Å²) in [6.45, 7) is 0. The molecular weight excluding hydrogens is 282 g/mol. The lowest BCUT2D eigenvalue weighted by Gasteiger charge is -2.22. The van der Waals surface area contributed by atoms with E-state index in [0.29, 0.717) is 12.8 Å². The summed E-state index contributed by atoms with van der Waals surface area (Å²) < 4.78 is 0. The number of aliphatic carboxylic acids is 1. The van der Waals surface area contributed by atoms with Crippen molar-refractivity contribution in [2.45, 2.75) is 38.1 Å². The highest BCUT2D eigenvalue weighted by Crippen LogP contribution is 2.24. The Kier molecular flexibility index (Phi) is 4.89. The smallest absolute Gasteiger partial charge is 0.308 e. The van der Waals surface area contributed by atoms with Crippen LogP contribution in [0, 0.1) is 5.92 Å². The summed E-state index contributed by atoms with van der Waals surface area (Å²) in [6, 6.07) is -0.372. The molecule has 2 N–H and O–H groups in total. The fraction of sp³-hybridized carbons (Fsp3) is 0.538. The van der Waals surface area contributed by atoms with Gasteiger partial charge >= 0.3 is 5.97 Å². The monoisotopic (exact) mass is 297 g/mol. The number of carbonyl (C=O) groups excluding carboxylic acids is 1. The Labute approximate surface area is 121 Å². The Morgan fingerprint density at radius 1 is 1.25 bits per heavy atom. The molecule has 2 rings (SSSR count). The van der Waals surface area contributed by atoms with Gasteiger partial charge in [-0.3, -0.25) is 14.6 Å². The van der Waals surface area contributed by atoms with Crippen molar-refractivity contribution in [3.63, 3.8) is 0 Å². The number of hydrogen-bond donors (Lipinski definition) is 2. The number of amides is 1. The molecule has 1 aliphatic carbocycles. The van der Waals surface area contributed by atoms with Crippen molar-refractivity contribution in [2.75, 3.05) is 0 Å². The van der Waals surface area contributed by atoms with Crippen LogP contribution in [0.25, 0.3) is 0 Å². The Morgan fingerprint density at radius 3 is 2.70 bits per heavy atom. The molecule has 0 aliphatic heterocycles. The van der Waals surface area contributed by atoms with Crippen molar-refractivity contribution in [1.29, 1.82) is 0 Å². The van der Waals surface area contributed by atoms with Crippen molar-refractivity contribution in [3.8, 4) is 0 Å². The van der Waals surface area contributed by atoms with Crippen molar-refractivity contribution >= 4 is 23.5 Å². The Morgan fingerprint density at radius 2 is 2.00 bits per heavy atom. The van der Waals surface area contributed by atoms with Crippen LogP contribution in [0.4, 0.5) is 0 Å². The van der Waals surface area contributed by atoms with E-state index in [9.17, 15) is 14.7 Å². The first-order valence-corrected chi connectivity index (χ1v) is 6.97. The standard InChI is InChI=1S/C13H16ClN3O3/c14-11-7-15-6-10(16-11)12(18)17-9-5-3-1-2-4-8(9)13(19)20/h6-9H,1-5H2,(H,17,18)(H,19,20). The van der Waals surface area contributed by atoms with Crippen LogP contribution >= 0.6 is 11.6 Å². The van der Waals surface area contributed by atoms with E-state index in [-0.39, 0.29) is 16.9 Å². The Bertz CT molecular complexity index is 509. The number of nitrogens with one attached hydrogen (secondary N) is 1. The maximum absolute atomic E-state index is 12.1. The molecule has 1 amide bonds. The minimum atomic E-state index is -0.866. The van der Waals surface area contributed by atoms with E-state index < -0.39 is 17.8 Å². The molecular formula is C13H16ClN3O3. The van der Waals surface area contributed by atoms with Gasteiger partial charge in [0, 0.05) is 6.04 Å². The van der Waals surface area contributed by atoms with E-state index in [2.05, 4.69) is 15.3 Å². The van der Waals surface area contributed by atoms with Gasteiger partial charge in [0.25, 0.3) is 5.91 Å². The highest BCUT2D eigenvalue weighted by atomic mass is 35.5. The molecule has 20 heavy (non-hydrogen) atoms. The van der Waals surface area contributed by atoms with Crippen molar-refractivity contribution < 1.29 is 14.7 Å². The van der Waals surface area contributed by atoms with Gasteiger partial charge in [0.05, 0.1) is 18.3 Å². The number of nitrogens with zero attached hydrogens (tertiary/aromatic N) is 2. The first kappa shape index (κ1) is 14.7. The van der Waals surface area contributed by atoms with E-state index in [1.165, 1.54) is 12.4 Å². The highest BCUT2D eigenvalue weighted by molar-refractivity contribution is 6.29. The van der Waals surface area contributed by atoms with Gasteiger partial charge in [-0.15, -0.1) is 0 Å². The second kappa shape index (κ2) is 6.65. The third kappa shape index (κ3) is 3.66. The van der Waals surface area contributed by atoms with E-state index in [4.69, 9.17) is 11.6 Å². The van der Waals surface area contributed by atoms with Crippen LogP contribution < -0.4 is 5.32 Å². The predicted octanol–water partition coefficient (Wildman–Crippen LogP) is 1.89. The fourth-order valence-electron chi connectivity index (χ4n) is 2.47. The molecule has 2 unspecified atom stereocenters. The summed E-state index contributed by atoms with van der Waals surface area (Å²) >= 11 is 5.69. The number of carboxylic acid groups (broad SMARTS) is 1. The first-order chi connectivity index (χ1) is 9.58. The zero-order valence-corrected chi connectivity index (χ0v) is 11.6. The number of rotatable bonds is 3. The number of carboxylic acids is 1. The quantitative estimate of drug-likeness (QED) is 0.831. The van der Waals surface area contributed by atoms with Crippen molar-refractivity contribution in [1.82, 2.24) is 15.3 Å². The third-order valence-electron chi connectivity index (χ3n) is 3.49. The lowest BCUT2D eigenvalue weighted by Crippen LogP contribution is -2.43. The second-order valence-electron chi connectivity index (χ2n) is 4.89. The largest absolute Gasteiger partial charge is 0.481 e. The lowest BCUT2D eigenvalue weighted by molar-refractivity contribution is -0.142. The fourth-order valence-corrected chi connectivity index (χ4v) is 2.62. The van der Waals surface area contributed by atoms with Crippen LogP contribution in [0.5, 0.6) is 0 Å². The average Bonchev–Trinajstić information content (AvgIpc) is 2.64. The molecule has 1 fully saturated rings. The maximum atomic E-state index is 12.1. The lowest BCUT2D eigenvalue weighted by atomic mass is 9.95. The average molecular weight is 298 g/mol. The van der Waals surface area contributed by atoms with Crippen LogP contribution in [0.1, 0.15) is 42.6 Å². The summed E-state index contributed by atoms with van der Waals surface area (Å²) in [5.41, 5.74) is 0.103. The van der Waals surface area contributed by atoms with Crippen LogP contribution in [0.3, 0.4) is 0 Å². The van der Waals surface area contributed by atoms with Gasteiger partial charge in [0.1, 0.15) is 10.8 Å². The van der Waals surface area contributed by atoms with Crippen LogP contribution in [0.2, 0.25) is 5.15 Å². The van der Waals surface area contributed by atoms with Gasteiger partial charge in [-0.1, -0.05) is 30.9 Å². The van der Waals surface area contributed by atoms with E-state index in [1.54, 1.807) is 0 Å². The molecule has 1 aliphatic rings. The normalized spacial score (nSPS) is 22.9. The van der Waals surface area contributed by atoms with Crippen LogP contribution in [0.15, 0.2) is 12.4 Å². The zero-order chi connectivity index (χ0) is 14.5. The van der Waals surface area contributed by atoms with Gasteiger partial charge in [0.2, 0.25) is 0 Å². The summed E-state index contributed by atoms with van der Waals surface area (Å²) in [4.78, 5) is 31.0. The molecule has 1 aromatic rings. The molecule has 0 spiro atoms. The Balaban J connectivity index is 2.09. The predicted molar refractivity (Wildman–Crippen MR) is 72.5 cm³/mol. The van der Waals surface area contributed by atoms with Gasteiger partial charge in [0.15, 0.2) is 0 Å². The molecule has 0 bridgehead atoms.